The fourth-order valence-corrected chi connectivity index (χ4v) is 4.05. The molecule has 25 heavy (non-hydrogen) atoms. The van der Waals surface area contributed by atoms with E-state index in [1.54, 1.807) is 11.3 Å². The van der Waals surface area contributed by atoms with Crippen molar-refractivity contribution in [2.24, 2.45) is 0 Å². The molecule has 0 aliphatic rings. The summed E-state index contributed by atoms with van der Waals surface area (Å²) in [5, 5.41) is 11.3. The number of nitrogens with zero attached hydrogens (tertiary/aromatic N) is 5. The van der Waals surface area contributed by atoms with Crippen LogP contribution in [0.25, 0.3) is 9.53 Å². The number of amides is 1. The molecule has 0 aliphatic heterocycles. The molecule has 0 unspecified atom stereocenters. The summed E-state index contributed by atoms with van der Waals surface area (Å²) < 4.78 is 7.04. The number of anilines is 1. The molecule has 1 amide bonds. The second kappa shape index (κ2) is 7.15. The van der Waals surface area contributed by atoms with Crippen molar-refractivity contribution in [1.29, 1.82) is 0 Å². The molecule has 0 saturated carbocycles. The summed E-state index contributed by atoms with van der Waals surface area (Å²) in [5.74, 6) is -0.701. The number of nitrogens with one attached hydrogen (secondary N) is 1. The molecule has 132 valence electrons. The highest BCUT2D eigenvalue weighted by Gasteiger charge is 2.15. The number of carbonyl (C=O) groups is 2. The number of hydrogen-bond acceptors (Lipinski definition) is 9. The maximum absolute atomic E-state index is 12.2. The summed E-state index contributed by atoms with van der Waals surface area (Å²) >= 11 is 2.92. The summed E-state index contributed by atoms with van der Waals surface area (Å²) in [7, 11) is 5.15. The monoisotopic (exact) mass is 380 g/mol. The second-order valence-electron chi connectivity index (χ2n) is 5.29. The molecule has 0 atom stereocenters. The van der Waals surface area contributed by atoms with Crippen molar-refractivity contribution in [3.63, 3.8) is 0 Å². The first-order valence-corrected chi connectivity index (χ1v) is 8.95. The van der Waals surface area contributed by atoms with Crippen LogP contribution in [-0.4, -0.2) is 59.6 Å². The minimum absolute atomic E-state index is 0.134. The van der Waals surface area contributed by atoms with Crippen molar-refractivity contribution in [3.8, 4) is 0 Å². The Kier molecular flexibility index (Phi) is 4.95. The molecule has 0 aliphatic carbocycles. The maximum atomic E-state index is 12.2. The molecule has 3 aromatic heterocycles. The Morgan fingerprint density at radius 3 is 2.84 bits per heavy atom. The molecule has 0 spiro atoms. The van der Waals surface area contributed by atoms with Gasteiger partial charge in [0, 0.05) is 20.6 Å². The summed E-state index contributed by atoms with van der Waals surface area (Å²) in [6.07, 6.45) is 1.48. The third-order valence-electron chi connectivity index (χ3n) is 3.24. The fraction of sp³-hybridized carbons (Fsp3) is 0.357. The van der Waals surface area contributed by atoms with Gasteiger partial charge < -0.3 is 15.0 Å². The van der Waals surface area contributed by atoms with Crippen LogP contribution in [0.2, 0.25) is 0 Å². The van der Waals surface area contributed by atoms with E-state index < -0.39 is 5.97 Å². The van der Waals surface area contributed by atoms with Gasteiger partial charge in [-0.05, 0) is 6.07 Å². The minimum Gasteiger partial charge on any atom is -0.464 e. The van der Waals surface area contributed by atoms with Crippen molar-refractivity contribution in [3.05, 3.63) is 22.8 Å². The van der Waals surface area contributed by atoms with Gasteiger partial charge in [-0.15, -0.1) is 16.4 Å². The Balaban J connectivity index is 1.56. The fourth-order valence-electron chi connectivity index (χ4n) is 2.00. The van der Waals surface area contributed by atoms with Crippen LogP contribution in [0.15, 0.2) is 12.3 Å². The summed E-state index contributed by atoms with van der Waals surface area (Å²) in [4.78, 5) is 31.4. The SMILES string of the molecule is COC(=O)c1cn(CCNC(=O)c2cc3sc(N(C)C)nc3s2)nn1. The number of thiophene rings is 1. The zero-order chi connectivity index (χ0) is 18.0. The largest absolute Gasteiger partial charge is 0.464 e. The van der Waals surface area contributed by atoms with E-state index in [-0.39, 0.29) is 11.6 Å². The molecule has 3 rings (SSSR count). The van der Waals surface area contributed by atoms with Crippen LogP contribution in [0.3, 0.4) is 0 Å². The van der Waals surface area contributed by atoms with E-state index in [1.165, 1.54) is 29.3 Å². The van der Waals surface area contributed by atoms with Crippen molar-refractivity contribution in [1.82, 2.24) is 25.3 Å². The van der Waals surface area contributed by atoms with Crippen molar-refractivity contribution < 1.29 is 14.3 Å². The van der Waals surface area contributed by atoms with E-state index >= 15 is 0 Å². The third kappa shape index (κ3) is 3.77. The van der Waals surface area contributed by atoms with Gasteiger partial charge in [0.2, 0.25) is 0 Å². The van der Waals surface area contributed by atoms with Crippen molar-refractivity contribution >= 4 is 49.2 Å². The number of thiazole rings is 1. The van der Waals surface area contributed by atoms with E-state index in [9.17, 15) is 9.59 Å². The lowest BCUT2D eigenvalue weighted by Gasteiger charge is -2.05. The molecule has 11 heteroatoms. The van der Waals surface area contributed by atoms with Crippen LogP contribution in [-0.2, 0) is 11.3 Å². The Bertz CT molecular complexity index is 881. The van der Waals surface area contributed by atoms with Crippen LogP contribution in [0.5, 0.6) is 0 Å². The molecule has 1 N–H and O–H groups in total. The zero-order valence-corrected chi connectivity index (χ0v) is 15.5. The van der Waals surface area contributed by atoms with Gasteiger partial charge in [0.15, 0.2) is 10.8 Å². The molecular formula is C14H16N6O3S2. The number of rotatable bonds is 6. The summed E-state index contributed by atoms with van der Waals surface area (Å²) in [6, 6.07) is 1.85. The van der Waals surface area contributed by atoms with E-state index in [4.69, 9.17) is 0 Å². The second-order valence-corrected chi connectivity index (χ2v) is 7.33. The highest BCUT2D eigenvalue weighted by Crippen LogP contribution is 2.33. The first-order chi connectivity index (χ1) is 12.0. The van der Waals surface area contributed by atoms with Gasteiger partial charge in [0.25, 0.3) is 5.91 Å². The van der Waals surface area contributed by atoms with Crippen LogP contribution in [0, 0.1) is 0 Å². The number of esters is 1. The van der Waals surface area contributed by atoms with Crippen LogP contribution >= 0.6 is 22.7 Å². The predicted octanol–water partition coefficient (Wildman–Crippen LogP) is 1.23. The van der Waals surface area contributed by atoms with E-state index in [0.717, 1.165) is 14.7 Å². The Labute approximate surface area is 151 Å². The van der Waals surface area contributed by atoms with Gasteiger partial charge in [-0.3, -0.25) is 4.79 Å². The molecule has 3 heterocycles. The standard InChI is InChI=1S/C14H16N6O3S2/c1-19(2)14-16-12-10(25-14)6-9(24-12)11(21)15-4-5-20-7-8(17-18-20)13(22)23-3/h6-7H,4-5H2,1-3H3,(H,15,21). The van der Waals surface area contributed by atoms with Gasteiger partial charge in [-0.25, -0.2) is 14.5 Å². The molecule has 0 aromatic carbocycles. The number of hydrogen-bond donors (Lipinski definition) is 1. The quantitative estimate of drug-likeness (QED) is 0.642. The van der Waals surface area contributed by atoms with Crippen LogP contribution in [0.1, 0.15) is 20.2 Å². The molecule has 0 saturated heterocycles. The van der Waals surface area contributed by atoms with E-state index in [2.05, 4.69) is 25.3 Å². The van der Waals surface area contributed by atoms with Crippen LogP contribution < -0.4 is 10.2 Å². The minimum atomic E-state index is -0.543. The average molecular weight is 380 g/mol. The molecule has 0 fully saturated rings. The number of aromatic nitrogens is 4. The normalized spacial score (nSPS) is 10.8. The first kappa shape index (κ1) is 17.3. The van der Waals surface area contributed by atoms with Crippen molar-refractivity contribution in [2.75, 3.05) is 32.6 Å². The lowest BCUT2D eigenvalue weighted by Crippen LogP contribution is -2.26. The predicted molar refractivity (Wildman–Crippen MR) is 95.5 cm³/mol. The van der Waals surface area contributed by atoms with Gasteiger partial charge in [-0.1, -0.05) is 16.6 Å². The lowest BCUT2D eigenvalue weighted by molar-refractivity contribution is 0.0593. The smallest absolute Gasteiger partial charge is 0.360 e. The van der Waals surface area contributed by atoms with E-state index in [1.807, 2.05) is 25.1 Å². The Hall–Kier alpha value is -2.53. The van der Waals surface area contributed by atoms with E-state index in [0.29, 0.717) is 18.0 Å². The summed E-state index contributed by atoms with van der Waals surface area (Å²) in [5.41, 5.74) is 0.134. The first-order valence-electron chi connectivity index (χ1n) is 7.32. The van der Waals surface area contributed by atoms with Gasteiger partial charge in [0.05, 0.1) is 29.4 Å². The number of fused-ring (bicyclic) bond motifs is 1. The zero-order valence-electron chi connectivity index (χ0n) is 13.8. The number of ether oxygens (including phenoxy) is 1. The average Bonchev–Trinajstić information content (AvgIpc) is 3.27. The highest BCUT2D eigenvalue weighted by molar-refractivity contribution is 7.29. The van der Waals surface area contributed by atoms with Gasteiger partial charge >= 0.3 is 5.97 Å². The topological polar surface area (TPSA) is 102 Å². The third-order valence-corrected chi connectivity index (χ3v) is 5.57. The van der Waals surface area contributed by atoms with Gasteiger partial charge in [-0.2, -0.15) is 0 Å². The molecule has 9 nitrogen and oxygen atoms in total. The molecule has 3 aromatic rings. The van der Waals surface area contributed by atoms with Crippen LogP contribution in [0.4, 0.5) is 5.13 Å². The van der Waals surface area contributed by atoms with Gasteiger partial charge in [0.1, 0.15) is 4.83 Å². The maximum Gasteiger partial charge on any atom is 0.360 e. The number of methoxy groups -OCH3 is 1. The molecule has 0 radical (unpaired) electrons. The summed E-state index contributed by atoms with van der Waals surface area (Å²) in [6.45, 7) is 0.767. The Morgan fingerprint density at radius 1 is 1.36 bits per heavy atom. The molecular weight excluding hydrogens is 364 g/mol. The molecule has 0 bridgehead atoms. The highest BCUT2D eigenvalue weighted by atomic mass is 32.1. The Morgan fingerprint density at radius 2 is 2.16 bits per heavy atom. The lowest BCUT2D eigenvalue weighted by atomic mass is 10.4. The van der Waals surface area contributed by atoms with Crippen molar-refractivity contribution in [2.45, 2.75) is 6.54 Å². The number of carbonyl (C=O) groups excluding carboxylic acids is 2.